The quantitative estimate of drug-likeness (QED) is 0.609. The van der Waals surface area contributed by atoms with Crippen molar-refractivity contribution >= 4 is 6.09 Å². The second-order valence-corrected chi connectivity index (χ2v) is 3.22. The zero-order valence-corrected chi connectivity index (χ0v) is 8.80. The summed E-state index contributed by atoms with van der Waals surface area (Å²) in [6, 6.07) is 1.78. The number of halogens is 3. The molecule has 0 unspecified atom stereocenters. The van der Waals surface area contributed by atoms with Crippen LogP contribution in [0.2, 0.25) is 0 Å². The van der Waals surface area contributed by atoms with Gasteiger partial charge in [-0.1, -0.05) is 0 Å². The van der Waals surface area contributed by atoms with Gasteiger partial charge in [0, 0.05) is 13.1 Å². The molecule has 0 bridgehead atoms. The Morgan fingerprint density at radius 3 is 2.41 bits per heavy atom. The Morgan fingerprint density at radius 1 is 1.29 bits per heavy atom. The van der Waals surface area contributed by atoms with E-state index in [0.29, 0.717) is 0 Å². The number of nitrogens with one attached hydrogen (secondary N) is 1. The van der Waals surface area contributed by atoms with Crippen molar-refractivity contribution in [1.82, 2.24) is 5.32 Å². The Kier molecular flexibility index (Phi) is 4.77. The molecule has 0 saturated heterocycles. The Balaban J connectivity index is 2.39. The first-order valence-corrected chi connectivity index (χ1v) is 4.77. The second-order valence-electron chi connectivity index (χ2n) is 3.22. The van der Waals surface area contributed by atoms with Gasteiger partial charge in [0.1, 0.15) is 6.61 Å². The predicted molar refractivity (Wildman–Crippen MR) is 53.6 cm³/mol. The van der Waals surface area contributed by atoms with Gasteiger partial charge < -0.3 is 15.8 Å². The van der Waals surface area contributed by atoms with E-state index in [-0.39, 0.29) is 25.3 Å². The maximum atomic E-state index is 12.8. The Morgan fingerprint density at radius 2 is 1.88 bits per heavy atom. The third kappa shape index (κ3) is 4.31. The van der Waals surface area contributed by atoms with Crippen molar-refractivity contribution in [3.05, 3.63) is 35.1 Å². The minimum atomic E-state index is -1.49. The highest BCUT2D eigenvalue weighted by Crippen LogP contribution is 2.13. The van der Waals surface area contributed by atoms with E-state index in [9.17, 15) is 18.0 Å². The van der Waals surface area contributed by atoms with Gasteiger partial charge in [0.05, 0.1) is 0 Å². The smallest absolute Gasteiger partial charge is 0.404 e. The lowest BCUT2D eigenvalue weighted by Gasteiger charge is -2.06. The largest absolute Gasteiger partial charge is 0.448 e. The zero-order valence-electron chi connectivity index (χ0n) is 8.80. The van der Waals surface area contributed by atoms with Gasteiger partial charge in [-0.05, 0) is 17.7 Å². The summed E-state index contributed by atoms with van der Waals surface area (Å²) in [5.41, 5.74) is 4.96. The van der Waals surface area contributed by atoms with E-state index in [1.165, 1.54) is 0 Å². The molecule has 0 aliphatic heterocycles. The number of rotatable bonds is 5. The number of nitrogens with two attached hydrogens (primary N) is 1. The third-order valence-corrected chi connectivity index (χ3v) is 1.90. The molecule has 0 saturated carbocycles. The van der Waals surface area contributed by atoms with Gasteiger partial charge in [-0.15, -0.1) is 0 Å². The van der Waals surface area contributed by atoms with Crippen LogP contribution in [0.15, 0.2) is 12.1 Å². The van der Waals surface area contributed by atoms with Crippen molar-refractivity contribution in [1.29, 1.82) is 0 Å². The summed E-state index contributed by atoms with van der Waals surface area (Å²) in [6.07, 6.45) is -0.898. The molecule has 1 aromatic carbocycles. The molecule has 1 rings (SSSR count). The molecule has 3 N–H and O–H groups in total. The number of ether oxygens (including phenoxy) is 1. The summed E-state index contributed by atoms with van der Waals surface area (Å²) in [7, 11) is 0. The Bertz CT molecular complexity index is 390. The molecular weight excluding hydrogens is 237 g/mol. The van der Waals surface area contributed by atoms with Crippen LogP contribution in [0.4, 0.5) is 18.0 Å². The van der Waals surface area contributed by atoms with E-state index in [2.05, 4.69) is 10.1 Å². The van der Waals surface area contributed by atoms with E-state index >= 15 is 0 Å². The van der Waals surface area contributed by atoms with Gasteiger partial charge in [-0.25, -0.2) is 18.0 Å². The number of carbonyl (C=O) groups excluding carboxylic acids is 1. The van der Waals surface area contributed by atoms with E-state index in [1.54, 1.807) is 0 Å². The summed E-state index contributed by atoms with van der Waals surface area (Å²) in [5.74, 6) is -3.98. The average Bonchev–Trinajstić information content (AvgIpc) is 2.25. The monoisotopic (exact) mass is 248 g/mol. The lowest BCUT2D eigenvalue weighted by Crippen LogP contribution is -2.23. The van der Waals surface area contributed by atoms with Gasteiger partial charge in [0.15, 0.2) is 17.5 Å². The Hall–Kier alpha value is -1.76. The number of amides is 1. The van der Waals surface area contributed by atoms with Gasteiger partial charge >= 0.3 is 6.09 Å². The van der Waals surface area contributed by atoms with Gasteiger partial charge in [0.25, 0.3) is 0 Å². The molecule has 94 valence electrons. The highest BCUT2D eigenvalue weighted by atomic mass is 19.2. The first-order chi connectivity index (χ1) is 8.00. The normalized spacial score (nSPS) is 10.3. The van der Waals surface area contributed by atoms with Crippen molar-refractivity contribution in [2.24, 2.45) is 5.73 Å². The van der Waals surface area contributed by atoms with Crippen LogP contribution in [0.3, 0.4) is 0 Å². The highest BCUT2D eigenvalue weighted by Gasteiger charge is 2.09. The van der Waals surface area contributed by atoms with Crippen molar-refractivity contribution < 1.29 is 22.7 Å². The molecule has 0 spiro atoms. The molecular formula is C10H11F3N2O2. The fourth-order valence-electron chi connectivity index (χ4n) is 1.17. The van der Waals surface area contributed by atoms with Crippen LogP contribution in [0, 0.1) is 17.5 Å². The molecule has 0 aliphatic carbocycles. The molecule has 4 nitrogen and oxygen atoms in total. The lowest BCUT2D eigenvalue weighted by molar-refractivity contribution is 0.157. The van der Waals surface area contributed by atoms with Crippen LogP contribution >= 0.6 is 0 Å². The SMILES string of the molecule is NC(=O)OCCNCc1cc(F)c(F)c(F)c1. The predicted octanol–water partition coefficient (Wildman–Crippen LogP) is 1.29. The maximum absolute atomic E-state index is 12.8. The van der Waals surface area contributed by atoms with Crippen LogP contribution in [0.25, 0.3) is 0 Å². The zero-order chi connectivity index (χ0) is 12.8. The molecule has 0 atom stereocenters. The van der Waals surface area contributed by atoms with Crippen molar-refractivity contribution in [2.45, 2.75) is 6.54 Å². The summed E-state index contributed by atoms with van der Waals surface area (Å²) in [5, 5.41) is 2.74. The standard InChI is InChI=1S/C10H11F3N2O2/c11-7-3-6(4-8(12)9(7)13)5-15-1-2-17-10(14)16/h3-4,15H,1-2,5H2,(H2,14,16). The molecule has 0 aliphatic rings. The highest BCUT2D eigenvalue weighted by molar-refractivity contribution is 5.64. The van der Waals surface area contributed by atoms with Crippen LogP contribution in [0.1, 0.15) is 5.56 Å². The molecule has 17 heavy (non-hydrogen) atoms. The minimum Gasteiger partial charge on any atom is -0.448 e. The second kappa shape index (κ2) is 6.09. The molecule has 1 amide bonds. The van der Waals surface area contributed by atoms with Crippen LogP contribution < -0.4 is 11.1 Å². The Labute approximate surface area is 95.6 Å². The average molecular weight is 248 g/mol. The van der Waals surface area contributed by atoms with Crippen LogP contribution in [-0.2, 0) is 11.3 Å². The van der Waals surface area contributed by atoms with E-state index in [4.69, 9.17) is 5.73 Å². The van der Waals surface area contributed by atoms with Crippen molar-refractivity contribution in [3.8, 4) is 0 Å². The first kappa shape index (κ1) is 13.3. The fraction of sp³-hybridized carbons (Fsp3) is 0.300. The summed E-state index contributed by atoms with van der Waals surface area (Å²) in [6.45, 7) is 0.432. The molecule has 0 aromatic heterocycles. The minimum absolute atomic E-state index is 0.0431. The summed E-state index contributed by atoms with van der Waals surface area (Å²) >= 11 is 0. The number of hydrogen-bond acceptors (Lipinski definition) is 3. The number of benzene rings is 1. The first-order valence-electron chi connectivity index (χ1n) is 4.77. The third-order valence-electron chi connectivity index (χ3n) is 1.90. The fourth-order valence-corrected chi connectivity index (χ4v) is 1.17. The van der Waals surface area contributed by atoms with Crippen LogP contribution in [-0.4, -0.2) is 19.2 Å². The molecule has 1 aromatic rings. The van der Waals surface area contributed by atoms with E-state index in [1.807, 2.05) is 0 Å². The number of primary amides is 1. The van der Waals surface area contributed by atoms with Gasteiger partial charge in [-0.3, -0.25) is 0 Å². The van der Waals surface area contributed by atoms with E-state index < -0.39 is 23.5 Å². The lowest BCUT2D eigenvalue weighted by atomic mass is 10.2. The summed E-state index contributed by atoms with van der Waals surface area (Å²) in [4.78, 5) is 10.2. The molecule has 0 heterocycles. The van der Waals surface area contributed by atoms with Gasteiger partial charge in [0.2, 0.25) is 0 Å². The van der Waals surface area contributed by atoms with Crippen molar-refractivity contribution in [2.75, 3.05) is 13.2 Å². The number of hydrogen-bond donors (Lipinski definition) is 2. The van der Waals surface area contributed by atoms with E-state index in [0.717, 1.165) is 12.1 Å². The number of carbonyl (C=O) groups is 1. The molecule has 0 fully saturated rings. The molecule has 0 radical (unpaired) electrons. The van der Waals surface area contributed by atoms with Gasteiger partial charge in [-0.2, -0.15) is 0 Å². The maximum Gasteiger partial charge on any atom is 0.404 e. The van der Waals surface area contributed by atoms with Crippen LogP contribution in [0.5, 0.6) is 0 Å². The summed E-state index contributed by atoms with van der Waals surface area (Å²) < 4.78 is 42.6. The topological polar surface area (TPSA) is 64.4 Å². The van der Waals surface area contributed by atoms with Crippen molar-refractivity contribution in [3.63, 3.8) is 0 Å². The molecule has 7 heteroatoms.